The lowest BCUT2D eigenvalue weighted by atomic mass is 10.0. The van der Waals surface area contributed by atoms with Crippen LogP contribution in [0.1, 0.15) is 16.7 Å². The number of aryl methyl sites for hydroxylation is 2. The highest BCUT2D eigenvalue weighted by Crippen LogP contribution is 2.10. The van der Waals surface area contributed by atoms with Crippen LogP contribution in [0.25, 0.3) is 0 Å². The monoisotopic (exact) mass is 236 g/mol. The first-order chi connectivity index (χ1) is 7.49. The lowest BCUT2D eigenvalue weighted by Crippen LogP contribution is -2.33. The van der Waals surface area contributed by atoms with E-state index >= 15 is 0 Å². The van der Waals surface area contributed by atoms with Gasteiger partial charge in [-0.3, -0.25) is 4.79 Å². The largest absolute Gasteiger partial charge is 0.392 e. The van der Waals surface area contributed by atoms with Gasteiger partial charge in [-0.2, -0.15) is 0 Å². The van der Waals surface area contributed by atoms with Crippen LogP contribution >= 0.6 is 12.2 Å². The highest BCUT2D eigenvalue weighted by Gasteiger charge is 2.04. The first kappa shape index (κ1) is 12.6. The quantitative estimate of drug-likeness (QED) is 0.774. The van der Waals surface area contributed by atoms with Crippen molar-refractivity contribution in [2.24, 2.45) is 5.73 Å². The molecule has 0 heterocycles. The van der Waals surface area contributed by atoms with E-state index in [4.69, 9.17) is 5.73 Å². The van der Waals surface area contributed by atoms with E-state index in [2.05, 4.69) is 17.5 Å². The summed E-state index contributed by atoms with van der Waals surface area (Å²) in [6, 6.07) is 6.00. The van der Waals surface area contributed by atoms with E-state index in [0.29, 0.717) is 11.4 Å². The predicted octanol–water partition coefficient (Wildman–Crippen LogP) is 1.25. The molecule has 0 spiro atoms. The molecule has 0 saturated carbocycles. The van der Waals surface area contributed by atoms with Crippen molar-refractivity contribution >= 4 is 23.1 Å². The minimum atomic E-state index is -0.0592. The fourth-order valence-corrected chi connectivity index (χ4v) is 1.42. The third-order valence-corrected chi connectivity index (χ3v) is 2.54. The zero-order valence-corrected chi connectivity index (χ0v) is 10.4. The van der Waals surface area contributed by atoms with E-state index < -0.39 is 0 Å². The summed E-state index contributed by atoms with van der Waals surface area (Å²) in [5.41, 5.74) is 8.72. The van der Waals surface area contributed by atoms with Gasteiger partial charge in [-0.1, -0.05) is 30.4 Å². The molecule has 1 aromatic carbocycles. The zero-order valence-electron chi connectivity index (χ0n) is 9.54. The Labute approximate surface area is 101 Å². The molecule has 4 heteroatoms. The van der Waals surface area contributed by atoms with Gasteiger partial charge in [0.05, 0.1) is 18.0 Å². The van der Waals surface area contributed by atoms with Gasteiger partial charge in [0.25, 0.3) is 0 Å². The molecule has 0 aliphatic rings. The van der Waals surface area contributed by atoms with Gasteiger partial charge >= 0.3 is 0 Å². The molecule has 0 aliphatic carbocycles. The fraction of sp³-hybridized carbons (Fsp3) is 0.333. The van der Waals surface area contributed by atoms with Crippen molar-refractivity contribution in [1.82, 2.24) is 5.32 Å². The smallest absolute Gasteiger partial charge is 0.224 e. The number of amides is 1. The maximum absolute atomic E-state index is 11.5. The molecule has 1 aromatic rings. The first-order valence-electron chi connectivity index (χ1n) is 5.10. The normalized spacial score (nSPS) is 9.88. The molecule has 3 nitrogen and oxygen atoms in total. The van der Waals surface area contributed by atoms with E-state index in [1.807, 2.05) is 32.0 Å². The average molecular weight is 236 g/mol. The molecule has 86 valence electrons. The Morgan fingerprint density at radius 1 is 1.38 bits per heavy atom. The van der Waals surface area contributed by atoms with Gasteiger partial charge in [0.15, 0.2) is 0 Å². The van der Waals surface area contributed by atoms with Crippen molar-refractivity contribution in [3.8, 4) is 0 Å². The molecule has 1 amide bonds. The highest BCUT2D eigenvalue weighted by atomic mass is 32.1. The van der Waals surface area contributed by atoms with Gasteiger partial charge in [0, 0.05) is 0 Å². The van der Waals surface area contributed by atoms with E-state index in [-0.39, 0.29) is 12.5 Å². The molecular formula is C12H16N2OS. The van der Waals surface area contributed by atoms with E-state index in [1.165, 1.54) is 11.1 Å². The maximum Gasteiger partial charge on any atom is 0.224 e. The molecule has 16 heavy (non-hydrogen) atoms. The SMILES string of the molecule is Cc1ccc(CC(=O)NCC(N)=S)cc1C. The molecule has 1 rings (SSSR count). The molecule has 0 saturated heterocycles. The summed E-state index contributed by atoms with van der Waals surface area (Å²) in [6.45, 7) is 4.34. The maximum atomic E-state index is 11.5. The third-order valence-electron chi connectivity index (χ3n) is 2.40. The first-order valence-corrected chi connectivity index (χ1v) is 5.51. The second kappa shape index (κ2) is 5.61. The number of rotatable bonds is 4. The van der Waals surface area contributed by atoms with Crippen LogP contribution in [-0.4, -0.2) is 17.4 Å². The summed E-state index contributed by atoms with van der Waals surface area (Å²) in [5, 5.41) is 2.66. The van der Waals surface area contributed by atoms with E-state index in [9.17, 15) is 4.79 Å². The van der Waals surface area contributed by atoms with Gasteiger partial charge in [-0.15, -0.1) is 0 Å². The minimum absolute atomic E-state index is 0.0592. The molecular weight excluding hydrogens is 220 g/mol. The predicted molar refractivity (Wildman–Crippen MR) is 69.4 cm³/mol. The van der Waals surface area contributed by atoms with Gasteiger partial charge in [-0.05, 0) is 30.5 Å². The Morgan fingerprint density at radius 3 is 2.62 bits per heavy atom. The van der Waals surface area contributed by atoms with Gasteiger partial charge < -0.3 is 11.1 Å². The number of hydrogen-bond donors (Lipinski definition) is 2. The number of carbonyl (C=O) groups excluding carboxylic acids is 1. The van der Waals surface area contributed by atoms with Crippen LogP contribution in [0.4, 0.5) is 0 Å². The standard InChI is InChI=1S/C12H16N2OS/c1-8-3-4-10(5-9(8)2)6-12(15)14-7-11(13)16/h3-5H,6-7H2,1-2H3,(H2,13,16)(H,14,15). The van der Waals surface area contributed by atoms with Crippen molar-refractivity contribution in [2.75, 3.05) is 6.54 Å². The van der Waals surface area contributed by atoms with Crippen LogP contribution in [-0.2, 0) is 11.2 Å². The summed E-state index contributed by atoms with van der Waals surface area (Å²) >= 11 is 4.68. The lowest BCUT2D eigenvalue weighted by molar-refractivity contribution is -0.120. The van der Waals surface area contributed by atoms with Crippen LogP contribution in [0, 0.1) is 13.8 Å². The van der Waals surface area contributed by atoms with Crippen LogP contribution < -0.4 is 11.1 Å². The van der Waals surface area contributed by atoms with Crippen molar-refractivity contribution < 1.29 is 4.79 Å². The second-order valence-corrected chi connectivity index (χ2v) is 4.36. The summed E-state index contributed by atoms with van der Waals surface area (Å²) in [5.74, 6) is -0.0592. The number of carbonyl (C=O) groups is 1. The van der Waals surface area contributed by atoms with Gasteiger partial charge in [0.2, 0.25) is 5.91 Å². The summed E-state index contributed by atoms with van der Waals surface area (Å²) in [4.78, 5) is 11.8. The van der Waals surface area contributed by atoms with Crippen molar-refractivity contribution in [2.45, 2.75) is 20.3 Å². The Hall–Kier alpha value is -1.42. The Bertz CT molecular complexity index is 415. The highest BCUT2D eigenvalue weighted by molar-refractivity contribution is 7.80. The van der Waals surface area contributed by atoms with Gasteiger partial charge in [-0.25, -0.2) is 0 Å². The molecule has 0 aromatic heterocycles. The summed E-state index contributed by atoms with van der Waals surface area (Å²) in [6.07, 6.45) is 0.365. The van der Waals surface area contributed by atoms with E-state index in [0.717, 1.165) is 5.56 Å². The molecule has 0 radical (unpaired) electrons. The van der Waals surface area contributed by atoms with Crippen molar-refractivity contribution in [3.05, 3.63) is 34.9 Å². The number of benzene rings is 1. The van der Waals surface area contributed by atoms with Crippen LogP contribution in [0.3, 0.4) is 0 Å². The zero-order chi connectivity index (χ0) is 12.1. The van der Waals surface area contributed by atoms with Gasteiger partial charge in [0.1, 0.15) is 0 Å². The molecule has 0 bridgehead atoms. The Morgan fingerprint density at radius 2 is 2.06 bits per heavy atom. The molecule has 0 aliphatic heterocycles. The van der Waals surface area contributed by atoms with Crippen LogP contribution in [0.15, 0.2) is 18.2 Å². The Kier molecular flexibility index (Phi) is 4.43. The molecule has 3 N–H and O–H groups in total. The number of thiocarbonyl (C=S) groups is 1. The Balaban J connectivity index is 2.56. The average Bonchev–Trinajstić information content (AvgIpc) is 2.21. The minimum Gasteiger partial charge on any atom is -0.392 e. The second-order valence-electron chi connectivity index (χ2n) is 3.84. The lowest BCUT2D eigenvalue weighted by Gasteiger charge is -2.06. The summed E-state index contributed by atoms with van der Waals surface area (Å²) in [7, 11) is 0. The van der Waals surface area contributed by atoms with Crippen molar-refractivity contribution in [1.29, 1.82) is 0 Å². The van der Waals surface area contributed by atoms with Crippen LogP contribution in [0.2, 0.25) is 0 Å². The number of nitrogens with one attached hydrogen (secondary N) is 1. The fourth-order valence-electron chi connectivity index (χ4n) is 1.35. The number of hydrogen-bond acceptors (Lipinski definition) is 2. The third kappa shape index (κ3) is 3.98. The van der Waals surface area contributed by atoms with Crippen LogP contribution in [0.5, 0.6) is 0 Å². The van der Waals surface area contributed by atoms with E-state index in [1.54, 1.807) is 0 Å². The summed E-state index contributed by atoms with van der Waals surface area (Å²) < 4.78 is 0. The molecule has 0 fully saturated rings. The molecule has 0 unspecified atom stereocenters. The van der Waals surface area contributed by atoms with Crippen molar-refractivity contribution in [3.63, 3.8) is 0 Å². The topological polar surface area (TPSA) is 55.1 Å². The number of nitrogens with two attached hydrogens (primary N) is 1. The molecule has 0 atom stereocenters.